The van der Waals surface area contributed by atoms with Gasteiger partial charge in [-0.05, 0) is 122 Å². The third-order valence-corrected chi connectivity index (χ3v) is 12.7. The van der Waals surface area contributed by atoms with E-state index in [1.165, 1.54) is 99.2 Å². The quantitative estimate of drug-likeness (QED) is 0.178. The maximum absolute atomic E-state index is 5.45. The first kappa shape index (κ1) is 30.4. The molecule has 0 aliphatic heterocycles. The van der Waals surface area contributed by atoms with Gasteiger partial charge in [-0.15, -0.1) is 0 Å². The maximum Gasteiger partial charge on any atom is 0.220 e. The molecule has 0 radical (unpaired) electrons. The van der Waals surface area contributed by atoms with Crippen molar-refractivity contribution < 1.29 is 0 Å². The zero-order valence-corrected chi connectivity index (χ0v) is 32.1. The molecular formula is C50H36N6. The number of aromatic nitrogens is 6. The molecular weight excluding hydrogens is 685 g/mol. The minimum absolute atomic E-state index is 0.937. The molecule has 0 atom stereocenters. The number of aryl methyl sites for hydroxylation is 6. The predicted molar refractivity (Wildman–Crippen MR) is 233 cm³/mol. The Hall–Kier alpha value is -6.92. The Balaban J connectivity index is 1.41. The lowest BCUT2D eigenvalue weighted by Crippen LogP contribution is -1.93. The van der Waals surface area contributed by atoms with E-state index in [0.717, 1.165) is 44.7 Å². The van der Waals surface area contributed by atoms with Crippen LogP contribution in [0, 0.1) is 41.5 Å². The van der Waals surface area contributed by atoms with E-state index < -0.39 is 0 Å². The van der Waals surface area contributed by atoms with Crippen LogP contribution in [0.4, 0.5) is 0 Å². The fourth-order valence-corrected chi connectivity index (χ4v) is 11.1. The molecule has 0 spiro atoms. The van der Waals surface area contributed by atoms with Crippen molar-refractivity contribution in [1.82, 2.24) is 27.6 Å². The molecule has 6 heteroatoms. The predicted octanol–water partition coefficient (Wildman–Crippen LogP) is 12.5. The van der Waals surface area contributed by atoms with Crippen LogP contribution in [0.15, 0.2) is 109 Å². The molecule has 0 aliphatic rings. The molecule has 7 aromatic carbocycles. The summed E-state index contributed by atoms with van der Waals surface area (Å²) in [7, 11) is 0. The Bertz CT molecular complexity index is 3580. The van der Waals surface area contributed by atoms with Gasteiger partial charge < -0.3 is 0 Å². The standard InChI is InChI=1S/C50H36N6/c1-25-21-27(3)39(28(4)22-25)31-13-11-19-37-41(31)43-45-48-44(46-47(43)55(37)49-51-34-16-8-10-18-36(34)54(46)49)42-32(40-29(5)23-26(2)24-30(40)6)14-12-20-38(42)56(48)50-52-33-15-7-9-17-35(33)53(45)50/h7-24H,1-6H3. The molecule has 0 saturated heterocycles. The number of hydrogen-bond donors (Lipinski definition) is 0. The highest BCUT2D eigenvalue weighted by molar-refractivity contribution is 6.39. The van der Waals surface area contributed by atoms with E-state index in [0.29, 0.717) is 0 Å². The molecule has 6 nitrogen and oxygen atoms in total. The van der Waals surface area contributed by atoms with Crippen LogP contribution < -0.4 is 0 Å². The molecule has 0 saturated carbocycles. The fourth-order valence-electron chi connectivity index (χ4n) is 11.1. The molecule has 13 rings (SSSR count). The highest BCUT2D eigenvalue weighted by Crippen LogP contribution is 2.52. The zero-order valence-electron chi connectivity index (χ0n) is 32.1. The third-order valence-electron chi connectivity index (χ3n) is 12.7. The second-order valence-corrected chi connectivity index (χ2v) is 16.2. The average molecular weight is 721 g/mol. The SMILES string of the molecule is Cc1cc(C)c(-c2cccc3c2c2c4c5c(c6c(-c7c(C)cc(C)cc7C)cccc6n5c5nc6ccccc6n45)c4c2n3c2nc3ccccc3n42)c(C)c1. The van der Waals surface area contributed by atoms with Crippen molar-refractivity contribution in [2.75, 3.05) is 0 Å². The molecule has 0 unspecified atom stereocenters. The smallest absolute Gasteiger partial charge is 0.220 e. The average Bonchev–Trinajstić information content (AvgIpc) is 3.99. The lowest BCUT2D eigenvalue weighted by atomic mass is 9.89. The van der Waals surface area contributed by atoms with Crippen LogP contribution in [0.25, 0.3) is 111 Å². The molecule has 6 heterocycles. The van der Waals surface area contributed by atoms with Crippen molar-refractivity contribution in [2.45, 2.75) is 41.5 Å². The molecule has 0 amide bonds. The number of benzene rings is 7. The van der Waals surface area contributed by atoms with E-state index in [9.17, 15) is 0 Å². The molecule has 6 aromatic heterocycles. The second-order valence-electron chi connectivity index (χ2n) is 16.2. The van der Waals surface area contributed by atoms with E-state index in [1.807, 2.05) is 0 Å². The van der Waals surface area contributed by atoms with Gasteiger partial charge >= 0.3 is 0 Å². The van der Waals surface area contributed by atoms with Crippen molar-refractivity contribution in [3.8, 4) is 22.3 Å². The van der Waals surface area contributed by atoms with Gasteiger partial charge in [0.2, 0.25) is 11.6 Å². The normalized spacial score (nSPS) is 12.8. The minimum Gasteiger partial charge on any atom is -0.277 e. The topological polar surface area (TPSA) is 43.4 Å². The second kappa shape index (κ2) is 10.0. The first-order valence-corrected chi connectivity index (χ1v) is 19.5. The van der Waals surface area contributed by atoms with Crippen LogP contribution in [-0.4, -0.2) is 27.6 Å². The molecule has 266 valence electrons. The Kier molecular flexibility index (Phi) is 5.45. The van der Waals surface area contributed by atoms with Crippen LogP contribution in [0.5, 0.6) is 0 Å². The van der Waals surface area contributed by atoms with Gasteiger partial charge in [0.1, 0.15) is 0 Å². The maximum atomic E-state index is 5.45. The van der Waals surface area contributed by atoms with Gasteiger partial charge in [-0.25, -0.2) is 9.97 Å². The Labute approximate surface area is 321 Å². The van der Waals surface area contributed by atoms with Crippen LogP contribution in [-0.2, 0) is 0 Å². The van der Waals surface area contributed by atoms with Crippen LogP contribution in [0.2, 0.25) is 0 Å². The largest absolute Gasteiger partial charge is 0.277 e. The van der Waals surface area contributed by atoms with Gasteiger partial charge in [0, 0.05) is 21.5 Å². The zero-order chi connectivity index (χ0) is 37.5. The summed E-state index contributed by atoms with van der Waals surface area (Å²) in [5, 5.41) is 4.98. The van der Waals surface area contributed by atoms with Crippen molar-refractivity contribution >= 4 is 88.3 Å². The van der Waals surface area contributed by atoms with Gasteiger partial charge in [0.05, 0.1) is 55.2 Å². The van der Waals surface area contributed by atoms with Crippen LogP contribution in [0.1, 0.15) is 33.4 Å². The van der Waals surface area contributed by atoms with Crippen LogP contribution in [0.3, 0.4) is 0 Å². The Morgan fingerprint density at radius 3 is 1.09 bits per heavy atom. The van der Waals surface area contributed by atoms with E-state index in [4.69, 9.17) is 9.97 Å². The Morgan fingerprint density at radius 2 is 0.696 bits per heavy atom. The summed E-state index contributed by atoms with van der Waals surface area (Å²) in [6, 6.07) is 40.2. The summed E-state index contributed by atoms with van der Waals surface area (Å²) < 4.78 is 9.81. The number of rotatable bonds is 2. The molecule has 0 fully saturated rings. The van der Waals surface area contributed by atoms with Gasteiger partial charge in [0.25, 0.3) is 0 Å². The van der Waals surface area contributed by atoms with Gasteiger partial charge in [-0.3, -0.25) is 17.6 Å². The number of para-hydroxylation sites is 4. The third kappa shape index (κ3) is 3.42. The highest BCUT2D eigenvalue weighted by Gasteiger charge is 2.33. The minimum atomic E-state index is 0.937. The van der Waals surface area contributed by atoms with E-state index >= 15 is 0 Å². The summed E-state index contributed by atoms with van der Waals surface area (Å²) in [4.78, 5) is 10.9. The number of nitrogens with zero attached hydrogens (tertiary/aromatic N) is 6. The molecule has 0 aliphatic carbocycles. The Morgan fingerprint density at radius 1 is 0.357 bits per heavy atom. The summed E-state index contributed by atoms with van der Waals surface area (Å²) in [5.41, 5.74) is 24.1. The summed E-state index contributed by atoms with van der Waals surface area (Å²) in [5.74, 6) is 1.87. The molecule has 0 bridgehead atoms. The molecule has 0 N–H and O–H groups in total. The highest BCUT2D eigenvalue weighted by atomic mass is 15.2. The fraction of sp³-hybridized carbons (Fsp3) is 0.120. The first-order valence-electron chi connectivity index (χ1n) is 19.5. The van der Waals surface area contributed by atoms with Gasteiger partial charge in [0.15, 0.2) is 0 Å². The van der Waals surface area contributed by atoms with Gasteiger partial charge in [-0.2, -0.15) is 0 Å². The van der Waals surface area contributed by atoms with Crippen LogP contribution >= 0.6 is 0 Å². The van der Waals surface area contributed by atoms with Gasteiger partial charge in [-0.1, -0.05) is 83.9 Å². The van der Waals surface area contributed by atoms with E-state index in [2.05, 4.69) is 168 Å². The summed E-state index contributed by atoms with van der Waals surface area (Å²) >= 11 is 0. The number of fused-ring (bicyclic) bond motifs is 18. The van der Waals surface area contributed by atoms with E-state index in [-0.39, 0.29) is 0 Å². The van der Waals surface area contributed by atoms with E-state index in [1.54, 1.807) is 0 Å². The summed E-state index contributed by atoms with van der Waals surface area (Å²) in [6.07, 6.45) is 0. The lowest BCUT2D eigenvalue weighted by Gasteiger charge is -2.14. The first-order chi connectivity index (χ1) is 27.3. The van der Waals surface area contributed by atoms with Crippen molar-refractivity contribution in [3.05, 3.63) is 143 Å². The van der Waals surface area contributed by atoms with Crippen molar-refractivity contribution in [2.24, 2.45) is 0 Å². The molecule has 56 heavy (non-hydrogen) atoms. The molecule has 13 aromatic rings. The monoisotopic (exact) mass is 720 g/mol. The number of hydrogen-bond acceptors (Lipinski definition) is 2. The number of imidazole rings is 4. The summed E-state index contributed by atoms with van der Waals surface area (Å²) in [6.45, 7) is 13.4. The van der Waals surface area contributed by atoms with Crippen molar-refractivity contribution in [1.29, 1.82) is 0 Å². The lowest BCUT2D eigenvalue weighted by molar-refractivity contribution is 1.21. The van der Waals surface area contributed by atoms with Crippen molar-refractivity contribution in [3.63, 3.8) is 0 Å².